The predicted molar refractivity (Wildman–Crippen MR) is 162 cm³/mol. The zero-order valence-corrected chi connectivity index (χ0v) is 27.2. The van der Waals surface area contributed by atoms with Crippen molar-refractivity contribution in [3.05, 3.63) is 36.2 Å². The number of aryl methyl sites for hydroxylation is 1. The van der Waals surface area contributed by atoms with Crippen LogP contribution in [0.2, 0.25) is 18.1 Å². The summed E-state index contributed by atoms with van der Waals surface area (Å²) in [4.78, 5) is 4.68. The number of imidazole rings is 1. The van der Waals surface area contributed by atoms with Gasteiger partial charge in [-0.15, -0.1) is 0 Å². The summed E-state index contributed by atoms with van der Waals surface area (Å²) < 4.78 is 45.1. The third-order valence-electron chi connectivity index (χ3n) is 7.57. The lowest BCUT2D eigenvalue weighted by Crippen LogP contribution is -2.41. The van der Waals surface area contributed by atoms with Gasteiger partial charge in [-0.05, 0) is 69.9 Å². The molecule has 10 heteroatoms. The van der Waals surface area contributed by atoms with Crippen LogP contribution in [0.4, 0.5) is 5.69 Å². The smallest absolute Gasteiger partial charge is 0.191 e. The number of benzene rings is 1. The Morgan fingerprint density at radius 3 is 2.26 bits per heavy atom. The van der Waals surface area contributed by atoms with E-state index in [2.05, 4.69) is 44.2 Å². The molecule has 216 valence electrons. The molecule has 1 aromatic carbocycles. The SMILES string of the molecule is COc1cc2ncc(-c3cc(C)c(OC)c(NCCCO[Si](C)(C)C(C)(C)C)c3)n2cc1S(=O)(=O)C(C)(C)C. The molecule has 2 heterocycles. The second kappa shape index (κ2) is 11.1. The summed E-state index contributed by atoms with van der Waals surface area (Å²) in [6, 6.07) is 5.71. The molecule has 0 bridgehead atoms. The van der Waals surface area contributed by atoms with E-state index in [0.717, 1.165) is 41.2 Å². The number of rotatable bonds is 10. The second-order valence-electron chi connectivity index (χ2n) is 12.5. The molecule has 3 rings (SSSR count). The number of anilines is 1. The second-order valence-corrected chi connectivity index (χ2v) is 19.9. The molecule has 0 atom stereocenters. The van der Waals surface area contributed by atoms with Gasteiger partial charge < -0.3 is 19.2 Å². The van der Waals surface area contributed by atoms with Crippen LogP contribution in [-0.2, 0) is 14.3 Å². The van der Waals surface area contributed by atoms with Gasteiger partial charge in [-0.25, -0.2) is 13.4 Å². The molecule has 0 fully saturated rings. The summed E-state index contributed by atoms with van der Waals surface area (Å²) >= 11 is 0. The summed E-state index contributed by atoms with van der Waals surface area (Å²) in [6.07, 6.45) is 4.23. The molecular formula is C29H45N3O5SSi. The lowest BCUT2D eigenvalue weighted by atomic mass is 10.1. The van der Waals surface area contributed by atoms with E-state index in [1.807, 2.05) is 19.1 Å². The largest absolute Gasteiger partial charge is 0.495 e. The number of nitrogens with one attached hydrogen (secondary N) is 1. The van der Waals surface area contributed by atoms with E-state index in [9.17, 15) is 8.42 Å². The highest BCUT2D eigenvalue weighted by Gasteiger charge is 2.37. The van der Waals surface area contributed by atoms with Crippen LogP contribution in [0.15, 0.2) is 35.5 Å². The summed E-state index contributed by atoms with van der Waals surface area (Å²) in [7, 11) is -2.31. The molecule has 3 aromatic rings. The normalized spacial score (nSPS) is 13.1. The summed E-state index contributed by atoms with van der Waals surface area (Å²) in [5, 5.41) is 3.70. The van der Waals surface area contributed by atoms with Crippen LogP contribution in [0.5, 0.6) is 11.5 Å². The van der Waals surface area contributed by atoms with E-state index < -0.39 is 22.9 Å². The summed E-state index contributed by atoms with van der Waals surface area (Å²) in [6.45, 7) is 19.7. The average molecular weight is 576 g/mol. The van der Waals surface area contributed by atoms with Crippen LogP contribution >= 0.6 is 0 Å². The number of fused-ring (bicyclic) bond motifs is 1. The Morgan fingerprint density at radius 1 is 1.03 bits per heavy atom. The number of methoxy groups -OCH3 is 2. The molecule has 39 heavy (non-hydrogen) atoms. The molecule has 0 aliphatic heterocycles. The molecule has 0 spiro atoms. The molecule has 0 saturated heterocycles. The van der Waals surface area contributed by atoms with Crippen LogP contribution in [-0.4, -0.2) is 58.2 Å². The minimum absolute atomic E-state index is 0.134. The fourth-order valence-electron chi connectivity index (χ4n) is 4.05. The average Bonchev–Trinajstić information content (AvgIpc) is 3.24. The maximum Gasteiger partial charge on any atom is 0.191 e. The minimum atomic E-state index is -3.67. The summed E-state index contributed by atoms with van der Waals surface area (Å²) in [5.41, 5.74) is 4.09. The Kier molecular flexibility index (Phi) is 8.84. The number of aromatic nitrogens is 2. The summed E-state index contributed by atoms with van der Waals surface area (Å²) in [5.74, 6) is 1.05. The van der Waals surface area contributed by atoms with E-state index in [1.165, 1.54) is 7.11 Å². The van der Waals surface area contributed by atoms with Gasteiger partial charge in [0.2, 0.25) is 0 Å². The Bertz CT molecular complexity index is 1430. The highest BCUT2D eigenvalue weighted by Crippen LogP contribution is 2.38. The van der Waals surface area contributed by atoms with Gasteiger partial charge in [-0.3, -0.25) is 4.40 Å². The van der Waals surface area contributed by atoms with E-state index in [0.29, 0.717) is 12.3 Å². The Labute approximate surface area is 235 Å². The maximum atomic E-state index is 13.4. The van der Waals surface area contributed by atoms with Gasteiger partial charge in [0.15, 0.2) is 18.2 Å². The van der Waals surface area contributed by atoms with E-state index in [1.54, 1.807) is 50.7 Å². The van der Waals surface area contributed by atoms with Gasteiger partial charge in [-0.2, -0.15) is 0 Å². The Balaban J connectivity index is 1.96. The van der Waals surface area contributed by atoms with Gasteiger partial charge in [-0.1, -0.05) is 20.8 Å². The Hall–Kier alpha value is -2.56. The van der Waals surface area contributed by atoms with Gasteiger partial charge in [0.25, 0.3) is 0 Å². The van der Waals surface area contributed by atoms with Gasteiger partial charge >= 0.3 is 0 Å². The Morgan fingerprint density at radius 2 is 1.69 bits per heavy atom. The standard InChI is InChI=1S/C29H45N3O5SSi/c1-20-15-21(16-22(27(20)36-9)30-13-12-14-37-39(10,11)29(5,6)7)23-18-31-26-17-24(35-8)25(19-32(23)26)38(33,34)28(2,3)4/h15-19,30H,12-14H2,1-11H3. The molecule has 0 saturated carbocycles. The molecular weight excluding hydrogens is 530 g/mol. The number of pyridine rings is 1. The number of hydrogen-bond donors (Lipinski definition) is 1. The first-order valence-electron chi connectivity index (χ1n) is 13.3. The first-order valence-corrected chi connectivity index (χ1v) is 17.7. The van der Waals surface area contributed by atoms with Crippen LogP contribution in [0.1, 0.15) is 53.5 Å². The van der Waals surface area contributed by atoms with Crippen molar-refractivity contribution < 1.29 is 22.3 Å². The van der Waals surface area contributed by atoms with Crippen molar-refractivity contribution in [2.75, 3.05) is 32.7 Å². The minimum Gasteiger partial charge on any atom is -0.495 e. The van der Waals surface area contributed by atoms with E-state index in [-0.39, 0.29) is 15.7 Å². The first kappa shape index (κ1) is 31.0. The van der Waals surface area contributed by atoms with Crippen LogP contribution in [0.25, 0.3) is 16.9 Å². The number of sulfone groups is 1. The van der Waals surface area contributed by atoms with Crippen molar-refractivity contribution in [1.82, 2.24) is 9.38 Å². The predicted octanol–water partition coefficient (Wildman–Crippen LogP) is 6.72. The fraction of sp³-hybridized carbons (Fsp3) is 0.552. The molecule has 0 amide bonds. The lowest BCUT2D eigenvalue weighted by molar-refractivity contribution is 0.286. The zero-order valence-electron chi connectivity index (χ0n) is 25.4. The first-order chi connectivity index (χ1) is 17.9. The molecule has 1 N–H and O–H groups in total. The monoisotopic (exact) mass is 575 g/mol. The topological polar surface area (TPSA) is 91.2 Å². The number of hydrogen-bond acceptors (Lipinski definition) is 7. The van der Waals surface area contributed by atoms with Crippen molar-refractivity contribution in [1.29, 1.82) is 0 Å². The van der Waals surface area contributed by atoms with Gasteiger partial charge in [0, 0.05) is 31.0 Å². The number of nitrogens with zero attached hydrogens (tertiary/aromatic N) is 2. The van der Waals surface area contributed by atoms with Gasteiger partial charge in [0.05, 0.1) is 36.5 Å². The van der Waals surface area contributed by atoms with Crippen molar-refractivity contribution in [3.8, 4) is 22.8 Å². The molecule has 0 radical (unpaired) electrons. The van der Waals surface area contributed by atoms with E-state index >= 15 is 0 Å². The van der Waals surface area contributed by atoms with Crippen molar-refractivity contribution >= 4 is 29.5 Å². The molecule has 2 aromatic heterocycles. The third kappa shape index (κ3) is 6.28. The van der Waals surface area contributed by atoms with Gasteiger partial charge in [0.1, 0.15) is 22.0 Å². The molecule has 8 nitrogen and oxygen atoms in total. The molecule has 0 aliphatic carbocycles. The van der Waals surface area contributed by atoms with Crippen LogP contribution < -0.4 is 14.8 Å². The van der Waals surface area contributed by atoms with Crippen molar-refractivity contribution in [2.45, 2.75) is 82.7 Å². The zero-order chi connectivity index (χ0) is 29.4. The highest BCUT2D eigenvalue weighted by molar-refractivity contribution is 7.92. The van der Waals surface area contributed by atoms with Crippen LogP contribution in [0, 0.1) is 6.92 Å². The maximum absolute atomic E-state index is 13.4. The van der Waals surface area contributed by atoms with Crippen LogP contribution in [0.3, 0.4) is 0 Å². The lowest BCUT2D eigenvalue weighted by Gasteiger charge is -2.36. The quantitative estimate of drug-likeness (QED) is 0.212. The molecule has 0 unspecified atom stereocenters. The highest BCUT2D eigenvalue weighted by atomic mass is 32.2. The number of ether oxygens (including phenoxy) is 2. The fourth-order valence-corrected chi connectivity index (χ4v) is 6.45. The van der Waals surface area contributed by atoms with Crippen molar-refractivity contribution in [2.24, 2.45) is 0 Å². The van der Waals surface area contributed by atoms with E-state index in [4.69, 9.17) is 13.9 Å². The third-order valence-corrected chi connectivity index (χ3v) is 14.6. The molecule has 0 aliphatic rings. The van der Waals surface area contributed by atoms with Crippen molar-refractivity contribution in [3.63, 3.8) is 0 Å².